The minimum atomic E-state index is -0.764. The van der Waals surface area contributed by atoms with Crippen molar-refractivity contribution in [1.29, 1.82) is 0 Å². The molecule has 0 radical (unpaired) electrons. The Balaban J connectivity index is 2.59. The number of rotatable bonds is 0. The van der Waals surface area contributed by atoms with Gasteiger partial charge in [-0.25, -0.2) is 4.99 Å². The maximum atomic E-state index is 8.81. The second kappa shape index (κ2) is 2.28. The smallest absolute Gasteiger partial charge is 0.234 e. The van der Waals surface area contributed by atoms with Crippen molar-refractivity contribution in [1.82, 2.24) is 3.93 Å². The largest absolute Gasteiger partial charge is 0.354 e. The normalized spacial score (nSPS) is 26.8. The van der Waals surface area contributed by atoms with Crippen LogP contribution in [0.3, 0.4) is 0 Å². The van der Waals surface area contributed by atoms with E-state index < -0.39 is 6.35 Å². The van der Waals surface area contributed by atoms with Crippen LogP contribution in [-0.2, 0) is 0 Å². The Morgan fingerprint density at radius 3 is 2.88 bits per heavy atom. The Morgan fingerprint density at radius 2 is 2.50 bits per heavy atom. The molecule has 0 saturated heterocycles. The zero-order valence-corrected chi connectivity index (χ0v) is 5.62. The molecule has 0 fully saturated rings. The van der Waals surface area contributed by atoms with Crippen molar-refractivity contribution in [3.8, 4) is 0 Å². The number of aliphatic hydroxyl groups excluding tert-OH is 1. The molecule has 1 unspecified atom stereocenters. The van der Waals surface area contributed by atoms with E-state index in [2.05, 4.69) is 21.1 Å². The third-order valence-corrected chi connectivity index (χ3v) is 1.36. The van der Waals surface area contributed by atoms with Crippen LogP contribution in [-0.4, -0.2) is 21.6 Å². The molecule has 44 valence electrons. The number of allylic oxidation sites excluding steroid dienone is 1. The van der Waals surface area contributed by atoms with E-state index in [1.165, 1.54) is 3.93 Å². The van der Waals surface area contributed by atoms with Crippen molar-refractivity contribution >= 4 is 22.4 Å². The van der Waals surface area contributed by atoms with Gasteiger partial charge in [-0.2, -0.15) is 0 Å². The second-order valence-corrected chi connectivity index (χ2v) is 2.15. The summed E-state index contributed by atoms with van der Waals surface area (Å²) in [6.45, 7) is 0. The lowest BCUT2D eigenvalue weighted by atomic mass is 10.6. The summed E-state index contributed by atoms with van der Waals surface area (Å²) in [5.41, 5.74) is 0. The van der Waals surface area contributed by atoms with Gasteiger partial charge in [0.25, 0.3) is 0 Å². The van der Waals surface area contributed by atoms with Crippen LogP contribution in [0.1, 0.15) is 0 Å². The van der Waals surface area contributed by atoms with Gasteiger partial charge in [-0.15, -0.1) is 0 Å². The summed E-state index contributed by atoms with van der Waals surface area (Å²) in [5.74, 6) is 0. The zero-order chi connectivity index (χ0) is 5.98. The van der Waals surface area contributed by atoms with Gasteiger partial charge < -0.3 is 5.11 Å². The van der Waals surface area contributed by atoms with Gasteiger partial charge in [0.15, 0.2) is 0 Å². The van der Waals surface area contributed by atoms with Crippen LogP contribution in [0.4, 0.5) is 0 Å². The Hall–Kier alpha value is -0.350. The molecule has 0 aromatic carbocycles. The predicted octanol–water partition coefficient (Wildman–Crippen LogP) is 0.472. The van der Waals surface area contributed by atoms with E-state index in [0.717, 1.165) is 0 Å². The first-order chi connectivity index (χ1) is 3.80. The Labute approximate surface area is 55.7 Å². The molecule has 1 aliphatic heterocycles. The van der Waals surface area contributed by atoms with Crippen LogP contribution >= 0.6 is 16.1 Å². The molecule has 1 rings (SSSR count). The van der Waals surface area contributed by atoms with Gasteiger partial charge in [0, 0.05) is 12.4 Å². The minimum absolute atomic E-state index is 0.764. The van der Waals surface area contributed by atoms with Crippen molar-refractivity contribution < 1.29 is 5.11 Å². The highest BCUT2D eigenvalue weighted by Crippen LogP contribution is 2.07. The highest BCUT2D eigenvalue weighted by Gasteiger charge is 2.05. The Kier molecular flexibility index (Phi) is 1.65. The molecular weight excluding hydrogens is 172 g/mol. The number of aliphatic hydroxyl groups is 1. The molecule has 0 spiro atoms. The van der Waals surface area contributed by atoms with Gasteiger partial charge in [-0.1, -0.05) is 0 Å². The third kappa shape index (κ3) is 1.08. The van der Waals surface area contributed by atoms with Crippen LogP contribution in [0.5, 0.6) is 0 Å². The van der Waals surface area contributed by atoms with E-state index in [0.29, 0.717) is 0 Å². The summed E-state index contributed by atoms with van der Waals surface area (Å²) in [6, 6.07) is 0. The topological polar surface area (TPSA) is 35.8 Å². The van der Waals surface area contributed by atoms with Crippen LogP contribution in [0, 0.1) is 0 Å². The molecule has 1 heterocycles. The minimum Gasteiger partial charge on any atom is -0.354 e. The van der Waals surface area contributed by atoms with Crippen LogP contribution in [0.25, 0.3) is 0 Å². The molecule has 0 aliphatic carbocycles. The van der Waals surface area contributed by atoms with E-state index >= 15 is 0 Å². The SMILES string of the molecule is OC1N=CC=CN1Br. The summed E-state index contributed by atoms with van der Waals surface area (Å²) in [6.07, 6.45) is 4.18. The fraction of sp³-hybridized carbons (Fsp3) is 0.250. The Morgan fingerprint density at radius 1 is 1.75 bits per heavy atom. The number of hydrogen-bond acceptors (Lipinski definition) is 3. The fourth-order valence-electron chi connectivity index (χ4n) is 0.388. The fourth-order valence-corrected chi connectivity index (χ4v) is 0.630. The quantitative estimate of drug-likeness (QED) is 0.546. The van der Waals surface area contributed by atoms with Crippen molar-refractivity contribution in [2.75, 3.05) is 0 Å². The monoisotopic (exact) mass is 176 g/mol. The molecule has 0 amide bonds. The average molecular weight is 177 g/mol. The van der Waals surface area contributed by atoms with Gasteiger partial charge in [-0.3, -0.25) is 3.93 Å². The maximum absolute atomic E-state index is 8.81. The molecule has 0 bridgehead atoms. The molecule has 4 heteroatoms. The van der Waals surface area contributed by atoms with Crippen molar-refractivity contribution in [3.05, 3.63) is 12.3 Å². The number of nitrogens with zero attached hydrogens (tertiary/aromatic N) is 2. The third-order valence-electron chi connectivity index (χ3n) is 0.755. The van der Waals surface area contributed by atoms with Crippen LogP contribution in [0.2, 0.25) is 0 Å². The predicted molar refractivity (Wildman–Crippen MR) is 34.4 cm³/mol. The molecular formula is C4H5BrN2O. The maximum Gasteiger partial charge on any atom is 0.234 e. The molecule has 8 heavy (non-hydrogen) atoms. The summed E-state index contributed by atoms with van der Waals surface area (Å²) >= 11 is 3.04. The lowest BCUT2D eigenvalue weighted by Crippen LogP contribution is -2.20. The number of halogens is 1. The lowest BCUT2D eigenvalue weighted by molar-refractivity contribution is 0.110. The lowest BCUT2D eigenvalue weighted by Gasteiger charge is -2.16. The molecule has 0 saturated carbocycles. The zero-order valence-electron chi connectivity index (χ0n) is 4.03. The molecule has 3 nitrogen and oxygen atoms in total. The summed E-state index contributed by atoms with van der Waals surface area (Å²) < 4.78 is 1.42. The van der Waals surface area contributed by atoms with Crippen molar-refractivity contribution in [2.24, 2.45) is 4.99 Å². The highest BCUT2D eigenvalue weighted by molar-refractivity contribution is 9.07. The van der Waals surface area contributed by atoms with E-state index in [9.17, 15) is 0 Å². The highest BCUT2D eigenvalue weighted by atomic mass is 79.9. The molecule has 1 atom stereocenters. The molecule has 1 aliphatic rings. The summed E-state index contributed by atoms with van der Waals surface area (Å²) in [4.78, 5) is 3.63. The average Bonchev–Trinajstić information content (AvgIpc) is 1.77. The standard InChI is InChI=1S/C4H5BrN2O/c5-7-3-1-2-6-4(7)8/h1-4,8H. The number of aliphatic imine (C=N–C) groups is 1. The van der Waals surface area contributed by atoms with Gasteiger partial charge in [-0.05, 0) is 6.08 Å². The molecule has 0 aromatic rings. The second-order valence-electron chi connectivity index (χ2n) is 1.33. The first-order valence-electron chi connectivity index (χ1n) is 2.13. The Bertz CT molecular complexity index is 118. The van der Waals surface area contributed by atoms with Crippen LogP contribution in [0.15, 0.2) is 17.3 Å². The van der Waals surface area contributed by atoms with Crippen molar-refractivity contribution in [2.45, 2.75) is 6.35 Å². The van der Waals surface area contributed by atoms with Gasteiger partial charge in [0.1, 0.15) is 0 Å². The molecule has 1 N–H and O–H groups in total. The number of hydrogen-bond donors (Lipinski definition) is 1. The summed E-state index contributed by atoms with van der Waals surface area (Å²) in [5, 5.41) is 8.81. The first-order valence-corrected chi connectivity index (χ1v) is 2.84. The van der Waals surface area contributed by atoms with Gasteiger partial charge >= 0.3 is 0 Å². The van der Waals surface area contributed by atoms with E-state index in [1.807, 2.05) is 0 Å². The first kappa shape index (κ1) is 5.78. The van der Waals surface area contributed by atoms with E-state index in [1.54, 1.807) is 18.5 Å². The van der Waals surface area contributed by atoms with E-state index in [4.69, 9.17) is 5.11 Å². The molecule has 0 aromatic heterocycles. The summed E-state index contributed by atoms with van der Waals surface area (Å²) in [7, 11) is 0. The van der Waals surface area contributed by atoms with Gasteiger partial charge in [0.05, 0.1) is 16.1 Å². The van der Waals surface area contributed by atoms with Crippen molar-refractivity contribution in [3.63, 3.8) is 0 Å². The van der Waals surface area contributed by atoms with Gasteiger partial charge in [0.2, 0.25) is 6.35 Å². The van der Waals surface area contributed by atoms with Crippen LogP contribution < -0.4 is 0 Å². The van der Waals surface area contributed by atoms with E-state index in [-0.39, 0.29) is 0 Å².